The molecule has 6 heteroatoms. The van der Waals surface area contributed by atoms with Crippen LogP contribution in [0.4, 0.5) is 10.2 Å². The number of pyridine rings is 1. The van der Waals surface area contributed by atoms with Crippen molar-refractivity contribution >= 4 is 11.7 Å². The van der Waals surface area contributed by atoms with Gasteiger partial charge in [0.2, 0.25) is 0 Å². The summed E-state index contributed by atoms with van der Waals surface area (Å²) >= 11 is 0. The van der Waals surface area contributed by atoms with Gasteiger partial charge in [-0.1, -0.05) is 12.1 Å². The minimum Gasteiger partial charge on any atom is -0.369 e. The Morgan fingerprint density at radius 3 is 3.04 bits per heavy atom. The number of benzene rings is 1. The van der Waals surface area contributed by atoms with E-state index in [4.69, 9.17) is 0 Å². The van der Waals surface area contributed by atoms with Crippen LogP contribution in [0.15, 0.2) is 30.5 Å². The lowest BCUT2D eigenvalue weighted by atomic mass is 9.95. The third kappa shape index (κ3) is 2.42. The van der Waals surface area contributed by atoms with E-state index in [-0.39, 0.29) is 11.0 Å². The molecule has 2 aromatic rings. The Kier molecular flexibility index (Phi) is 3.48. The van der Waals surface area contributed by atoms with Crippen LogP contribution in [-0.4, -0.2) is 34.9 Å². The zero-order valence-electron chi connectivity index (χ0n) is 14.8. The van der Waals surface area contributed by atoms with Crippen molar-refractivity contribution in [1.29, 1.82) is 5.26 Å². The van der Waals surface area contributed by atoms with Crippen LogP contribution in [0.1, 0.15) is 41.6 Å². The summed E-state index contributed by atoms with van der Waals surface area (Å²) < 4.78 is 15.3. The number of nitrogens with zero attached hydrogens (tertiary/aromatic N) is 3. The normalized spacial score (nSPS) is 21.6. The quantitative estimate of drug-likeness (QED) is 0.888. The predicted octanol–water partition coefficient (Wildman–Crippen LogP) is 3.47. The maximum Gasteiger partial charge on any atom is 0.257 e. The van der Waals surface area contributed by atoms with Gasteiger partial charge in [0.15, 0.2) is 0 Å². The topological polar surface area (TPSA) is 69.0 Å². The molecule has 2 aliphatic heterocycles. The van der Waals surface area contributed by atoms with Crippen molar-refractivity contribution in [3.8, 4) is 17.2 Å². The van der Waals surface area contributed by atoms with E-state index >= 15 is 4.39 Å². The highest BCUT2D eigenvalue weighted by molar-refractivity contribution is 5.96. The van der Waals surface area contributed by atoms with Crippen molar-refractivity contribution in [3.05, 3.63) is 47.4 Å². The summed E-state index contributed by atoms with van der Waals surface area (Å²) in [5.41, 5.74) is 2.41. The molecule has 0 bridgehead atoms. The number of rotatable bonds is 2. The van der Waals surface area contributed by atoms with Crippen molar-refractivity contribution in [2.75, 3.05) is 18.4 Å². The number of fused-ring (bicyclic) bond motifs is 2. The third-order valence-electron chi connectivity index (χ3n) is 6.11. The first-order chi connectivity index (χ1) is 13.1. The van der Waals surface area contributed by atoms with Gasteiger partial charge in [0.05, 0.1) is 11.6 Å². The first kappa shape index (κ1) is 16.2. The summed E-state index contributed by atoms with van der Waals surface area (Å²) in [4.78, 5) is 18.8. The van der Waals surface area contributed by atoms with Crippen LogP contribution in [0, 0.1) is 17.1 Å². The number of anilines is 1. The smallest absolute Gasteiger partial charge is 0.257 e. The highest BCUT2D eigenvalue weighted by Gasteiger charge is 2.49. The van der Waals surface area contributed by atoms with E-state index in [1.165, 1.54) is 11.0 Å². The van der Waals surface area contributed by atoms with Crippen molar-refractivity contribution in [2.24, 2.45) is 0 Å². The monoisotopic (exact) mass is 362 g/mol. The zero-order valence-corrected chi connectivity index (χ0v) is 14.8. The lowest BCUT2D eigenvalue weighted by Gasteiger charge is -2.20. The number of carbonyl (C=O) groups is 1. The second kappa shape index (κ2) is 5.78. The highest BCUT2D eigenvalue weighted by atomic mass is 19.1. The largest absolute Gasteiger partial charge is 0.369 e. The fourth-order valence-electron chi connectivity index (χ4n) is 4.32. The minimum absolute atomic E-state index is 0.0226. The predicted molar refractivity (Wildman–Crippen MR) is 98.7 cm³/mol. The number of hydrogen-bond donors (Lipinski definition) is 1. The summed E-state index contributed by atoms with van der Waals surface area (Å²) in [5, 5.41) is 12.6. The van der Waals surface area contributed by atoms with Gasteiger partial charge in [0.1, 0.15) is 17.7 Å². The van der Waals surface area contributed by atoms with E-state index in [1.54, 1.807) is 18.3 Å². The van der Waals surface area contributed by atoms with E-state index in [9.17, 15) is 10.1 Å². The molecular weight excluding hydrogens is 343 g/mol. The summed E-state index contributed by atoms with van der Waals surface area (Å²) in [6, 6.07) is 8.56. The van der Waals surface area contributed by atoms with Crippen LogP contribution in [0.3, 0.4) is 0 Å². The lowest BCUT2D eigenvalue weighted by molar-refractivity contribution is 0.0760. The molecule has 3 heterocycles. The van der Waals surface area contributed by atoms with Gasteiger partial charge in [-0.25, -0.2) is 9.37 Å². The van der Waals surface area contributed by atoms with Crippen LogP contribution in [0.5, 0.6) is 0 Å². The van der Waals surface area contributed by atoms with Gasteiger partial charge in [-0.05, 0) is 37.8 Å². The number of likely N-dealkylation sites (tertiary alicyclic amines) is 1. The van der Waals surface area contributed by atoms with Crippen molar-refractivity contribution in [2.45, 2.75) is 37.1 Å². The van der Waals surface area contributed by atoms with E-state index in [0.29, 0.717) is 24.1 Å². The average Bonchev–Trinajstić information content (AvgIpc) is 3.17. The molecule has 5 nitrogen and oxygen atoms in total. The number of amides is 1. The maximum atomic E-state index is 15.3. The molecule has 1 amide bonds. The van der Waals surface area contributed by atoms with Gasteiger partial charge in [0.25, 0.3) is 5.91 Å². The molecule has 0 unspecified atom stereocenters. The number of halogens is 1. The van der Waals surface area contributed by atoms with Gasteiger partial charge in [-0.3, -0.25) is 4.79 Å². The molecule has 3 aliphatic rings. The maximum absolute atomic E-state index is 15.3. The van der Waals surface area contributed by atoms with Crippen LogP contribution in [0.25, 0.3) is 11.1 Å². The average molecular weight is 362 g/mol. The Labute approximate surface area is 156 Å². The molecule has 27 heavy (non-hydrogen) atoms. The third-order valence-corrected chi connectivity index (χ3v) is 6.11. The number of carbonyl (C=O) groups excluding carboxylic acids is 1. The van der Waals surface area contributed by atoms with Gasteiger partial charge in [-0.15, -0.1) is 0 Å². The first-order valence-corrected chi connectivity index (χ1v) is 9.37. The molecule has 1 saturated carbocycles. The molecule has 136 valence electrons. The van der Waals surface area contributed by atoms with Crippen molar-refractivity contribution < 1.29 is 9.18 Å². The Morgan fingerprint density at radius 2 is 2.26 bits per heavy atom. The first-order valence-electron chi connectivity index (χ1n) is 9.37. The number of nitrogens with one attached hydrogen (secondary N) is 1. The van der Waals surface area contributed by atoms with E-state index in [0.717, 1.165) is 37.2 Å². The van der Waals surface area contributed by atoms with E-state index < -0.39 is 17.8 Å². The summed E-state index contributed by atoms with van der Waals surface area (Å²) in [6.45, 7) is 1.39. The fourth-order valence-corrected chi connectivity index (χ4v) is 4.32. The highest BCUT2D eigenvalue weighted by Crippen LogP contribution is 2.54. The summed E-state index contributed by atoms with van der Waals surface area (Å²) in [5.74, 6) is -0.0608. The number of hydrogen-bond acceptors (Lipinski definition) is 4. The summed E-state index contributed by atoms with van der Waals surface area (Å²) in [7, 11) is 0. The standard InChI is InChI=1S/C21H19FN4O/c22-18-15(13-9-17-19(24-11-13)25-12-21(17)6-7-21)4-1-5-16(18)20(27)26-8-2-3-14(26)10-23/h1,4-5,9,11,14H,2-3,6-8,12H2,(H,24,25)/t14-/m1/s1. The van der Waals surface area contributed by atoms with Crippen molar-refractivity contribution in [3.63, 3.8) is 0 Å². The Balaban J connectivity index is 1.53. The number of nitriles is 1. The molecule has 1 aromatic heterocycles. The molecular formula is C21H19FN4O. The van der Waals surface area contributed by atoms with Gasteiger partial charge < -0.3 is 10.2 Å². The fraction of sp³-hybridized carbons (Fsp3) is 0.381. The van der Waals surface area contributed by atoms with Crippen molar-refractivity contribution in [1.82, 2.24) is 9.88 Å². The molecule has 1 aromatic carbocycles. The van der Waals surface area contributed by atoms with Gasteiger partial charge in [-0.2, -0.15) is 5.26 Å². The molecule has 1 atom stereocenters. The minimum atomic E-state index is -0.538. The van der Waals surface area contributed by atoms with Crippen LogP contribution in [0.2, 0.25) is 0 Å². The van der Waals surface area contributed by atoms with Crippen LogP contribution >= 0.6 is 0 Å². The van der Waals surface area contributed by atoms with Crippen LogP contribution in [-0.2, 0) is 5.41 Å². The van der Waals surface area contributed by atoms with E-state index in [1.807, 2.05) is 6.07 Å². The zero-order chi connectivity index (χ0) is 18.6. The number of aromatic nitrogens is 1. The van der Waals surface area contributed by atoms with Gasteiger partial charge >= 0.3 is 0 Å². The molecule has 1 aliphatic carbocycles. The molecule has 1 saturated heterocycles. The Morgan fingerprint density at radius 1 is 1.41 bits per heavy atom. The SMILES string of the molecule is N#C[C@H]1CCCN1C(=O)c1cccc(-c2cnc3c(c2)C2(CC2)CN3)c1F. The Bertz CT molecular complexity index is 992. The van der Waals surface area contributed by atoms with Gasteiger partial charge in [0, 0.05) is 41.4 Å². The molecule has 1 spiro atoms. The second-order valence-electron chi connectivity index (χ2n) is 7.71. The van der Waals surface area contributed by atoms with E-state index in [2.05, 4.69) is 16.4 Å². The molecule has 2 fully saturated rings. The molecule has 5 rings (SSSR count). The summed E-state index contributed by atoms with van der Waals surface area (Å²) in [6.07, 6.45) is 5.34. The second-order valence-corrected chi connectivity index (χ2v) is 7.71. The Hall–Kier alpha value is -2.94. The molecule has 0 radical (unpaired) electrons. The lowest BCUT2D eigenvalue weighted by Crippen LogP contribution is -2.35. The molecule has 1 N–H and O–H groups in total. The van der Waals surface area contributed by atoms with Crippen LogP contribution < -0.4 is 5.32 Å².